The quantitative estimate of drug-likeness (QED) is 0.578. The number of aromatic nitrogens is 2. The number of benzene rings is 2. The van der Waals surface area contributed by atoms with Gasteiger partial charge in [-0.2, -0.15) is 0 Å². The van der Waals surface area contributed by atoms with Gasteiger partial charge in [-0.1, -0.05) is 0 Å². The van der Waals surface area contributed by atoms with Crippen molar-refractivity contribution in [3.05, 3.63) is 70.4 Å². The minimum atomic E-state index is -0.635. The smallest absolute Gasteiger partial charge is 0.338 e. The standard InChI is InChI=1S/C24H23N3O6/c1-15-13-25-23(30)27(15)18-7-4-16(5-8-18)22(29)31-14-21(28)26-17-6-9-19-20(12-17)33-24(32-19)10-2-3-11-24/h4-9,12-13H,2-3,10-11,14H2,1H3,(H,25,30)(H,26,28). The van der Waals surface area contributed by atoms with Gasteiger partial charge in [0.1, 0.15) is 0 Å². The van der Waals surface area contributed by atoms with Crippen molar-refractivity contribution in [2.75, 3.05) is 11.9 Å². The molecule has 0 atom stereocenters. The van der Waals surface area contributed by atoms with Gasteiger partial charge in [-0.25, -0.2) is 9.59 Å². The number of H-pyrrole nitrogens is 1. The predicted octanol–water partition coefficient (Wildman–Crippen LogP) is 3.31. The Hall–Kier alpha value is -4.01. The number of hydrogen-bond acceptors (Lipinski definition) is 6. The Kier molecular flexibility index (Phi) is 5.16. The largest absolute Gasteiger partial charge is 0.452 e. The van der Waals surface area contributed by atoms with Gasteiger partial charge >= 0.3 is 11.7 Å². The molecule has 9 heteroatoms. The number of aromatic amines is 1. The molecule has 0 unspecified atom stereocenters. The number of amides is 1. The van der Waals surface area contributed by atoms with E-state index in [0.29, 0.717) is 22.9 Å². The van der Waals surface area contributed by atoms with Gasteiger partial charge < -0.3 is 24.5 Å². The van der Waals surface area contributed by atoms with Gasteiger partial charge in [-0.3, -0.25) is 9.36 Å². The Balaban J connectivity index is 1.16. The van der Waals surface area contributed by atoms with Crippen molar-refractivity contribution in [2.24, 2.45) is 0 Å². The van der Waals surface area contributed by atoms with Gasteiger partial charge in [-0.05, 0) is 56.2 Å². The minimum Gasteiger partial charge on any atom is -0.452 e. The van der Waals surface area contributed by atoms with Crippen LogP contribution in [0.2, 0.25) is 0 Å². The van der Waals surface area contributed by atoms with Crippen LogP contribution in [0, 0.1) is 6.92 Å². The molecule has 2 aliphatic rings. The van der Waals surface area contributed by atoms with E-state index in [9.17, 15) is 14.4 Å². The summed E-state index contributed by atoms with van der Waals surface area (Å²) in [6.45, 7) is 1.36. The van der Waals surface area contributed by atoms with Crippen molar-refractivity contribution in [1.82, 2.24) is 9.55 Å². The molecule has 2 heterocycles. The lowest BCUT2D eigenvalue weighted by atomic mass is 10.2. The number of aryl methyl sites for hydroxylation is 1. The summed E-state index contributed by atoms with van der Waals surface area (Å²) in [5.41, 5.74) is 1.91. The number of nitrogens with zero attached hydrogens (tertiary/aromatic N) is 1. The molecule has 1 saturated carbocycles. The first kappa shape index (κ1) is 20.9. The normalized spacial score (nSPS) is 15.5. The number of nitrogens with one attached hydrogen (secondary N) is 2. The van der Waals surface area contributed by atoms with Crippen molar-refractivity contribution in [3.8, 4) is 17.2 Å². The summed E-state index contributed by atoms with van der Waals surface area (Å²) in [4.78, 5) is 39.1. The number of carbonyl (C=O) groups excluding carboxylic acids is 2. The van der Waals surface area contributed by atoms with Crippen LogP contribution in [0.3, 0.4) is 0 Å². The average molecular weight is 449 g/mol. The molecule has 1 fully saturated rings. The van der Waals surface area contributed by atoms with Gasteiger partial charge in [0.2, 0.25) is 0 Å². The van der Waals surface area contributed by atoms with E-state index in [1.807, 2.05) is 0 Å². The molecule has 1 aliphatic carbocycles. The van der Waals surface area contributed by atoms with Crippen molar-refractivity contribution in [2.45, 2.75) is 38.4 Å². The van der Waals surface area contributed by atoms with Crippen molar-refractivity contribution < 1.29 is 23.8 Å². The molecule has 33 heavy (non-hydrogen) atoms. The van der Waals surface area contributed by atoms with E-state index in [1.54, 1.807) is 55.6 Å². The van der Waals surface area contributed by atoms with Crippen LogP contribution in [0.15, 0.2) is 53.5 Å². The number of ether oxygens (including phenoxy) is 3. The lowest BCUT2D eigenvalue weighted by Crippen LogP contribution is -2.34. The first-order valence-electron chi connectivity index (χ1n) is 10.8. The fraction of sp³-hybridized carbons (Fsp3) is 0.292. The van der Waals surface area contributed by atoms with Crippen LogP contribution in [0.4, 0.5) is 5.69 Å². The lowest BCUT2D eigenvalue weighted by Gasteiger charge is -2.21. The number of carbonyl (C=O) groups is 2. The van der Waals surface area contributed by atoms with Crippen LogP contribution in [0.5, 0.6) is 11.5 Å². The van der Waals surface area contributed by atoms with E-state index in [-0.39, 0.29) is 11.3 Å². The van der Waals surface area contributed by atoms with Gasteiger partial charge in [-0.15, -0.1) is 0 Å². The number of imidazole rings is 1. The van der Waals surface area contributed by atoms with Crippen LogP contribution in [0.1, 0.15) is 41.7 Å². The summed E-state index contributed by atoms with van der Waals surface area (Å²) >= 11 is 0. The molecule has 0 radical (unpaired) electrons. The number of rotatable bonds is 5. The summed E-state index contributed by atoms with van der Waals surface area (Å²) in [6.07, 6.45) is 5.44. The summed E-state index contributed by atoms with van der Waals surface area (Å²) < 4.78 is 18.6. The second kappa shape index (κ2) is 8.16. The summed E-state index contributed by atoms with van der Waals surface area (Å²) in [6, 6.07) is 11.6. The van der Waals surface area contributed by atoms with Crippen LogP contribution in [-0.2, 0) is 9.53 Å². The maximum atomic E-state index is 12.3. The fourth-order valence-corrected chi connectivity index (χ4v) is 4.22. The summed E-state index contributed by atoms with van der Waals surface area (Å²) in [7, 11) is 0. The molecule has 0 bridgehead atoms. The topological polar surface area (TPSA) is 112 Å². The Morgan fingerprint density at radius 3 is 2.52 bits per heavy atom. The molecule has 9 nitrogen and oxygen atoms in total. The zero-order chi connectivity index (χ0) is 23.0. The summed E-state index contributed by atoms with van der Waals surface area (Å²) in [5, 5.41) is 2.70. The number of anilines is 1. The second-order valence-electron chi connectivity index (χ2n) is 8.23. The van der Waals surface area contributed by atoms with Crippen LogP contribution < -0.4 is 20.5 Å². The molecule has 5 rings (SSSR count). The van der Waals surface area contributed by atoms with E-state index in [0.717, 1.165) is 31.4 Å². The van der Waals surface area contributed by atoms with Crippen LogP contribution >= 0.6 is 0 Å². The monoisotopic (exact) mass is 449 g/mol. The van der Waals surface area contributed by atoms with Crippen molar-refractivity contribution in [3.63, 3.8) is 0 Å². The molecule has 2 N–H and O–H groups in total. The van der Waals surface area contributed by atoms with Gasteiger partial charge in [0.15, 0.2) is 18.1 Å². The minimum absolute atomic E-state index is 0.263. The Morgan fingerprint density at radius 2 is 1.82 bits per heavy atom. The molecule has 1 amide bonds. The number of esters is 1. The highest BCUT2D eigenvalue weighted by molar-refractivity contribution is 5.95. The predicted molar refractivity (Wildman–Crippen MR) is 119 cm³/mol. The molecular formula is C24H23N3O6. The first-order chi connectivity index (χ1) is 15.9. The SMILES string of the molecule is Cc1c[nH]c(=O)n1-c1ccc(C(=O)OCC(=O)Nc2ccc3c(c2)OC2(CCCC2)O3)cc1. The van der Waals surface area contributed by atoms with Gasteiger partial charge in [0.25, 0.3) is 11.7 Å². The Bertz CT molecular complexity index is 1270. The van der Waals surface area contributed by atoms with Crippen molar-refractivity contribution in [1.29, 1.82) is 0 Å². The number of fused-ring (bicyclic) bond motifs is 1. The van der Waals surface area contributed by atoms with Crippen LogP contribution in [-0.4, -0.2) is 33.8 Å². The highest BCUT2D eigenvalue weighted by atomic mass is 16.7. The third kappa shape index (κ3) is 4.09. The van der Waals surface area contributed by atoms with E-state index in [2.05, 4.69) is 10.3 Å². The van der Waals surface area contributed by atoms with E-state index in [1.165, 1.54) is 4.57 Å². The fourth-order valence-electron chi connectivity index (χ4n) is 4.22. The van der Waals surface area contributed by atoms with Crippen LogP contribution in [0.25, 0.3) is 5.69 Å². The van der Waals surface area contributed by atoms with E-state index < -0.39 is 24.3 Å². The summed E-state index contributed by atoms with van der Waals surface area (Å²) in [5.74, 6) is -0.401. The molecule has 1 aliphatic heterocycles. The maximum Gasteiger partial charge on any atom is 0.338 e. The van der Waals surface area contributed by atoms with E-state index >= 15 is 0 Å². The zero-order valence-electron chi connectivity index (χ0n) is 18.1. The molecule has 170 valence electrons. The van der Waals surface area contributed by atoms with Gasteiger partial charge in [0, 0.05) is 36.5 Å². The maximum absolute atomic E-state index is 12.3. The molecule has 1 aromatic heterocycles. The Labute approximate surface area is 189 Å². The molecular weight excluding hydrogens is 426 g/mol. The van der Waals surface area contributed by atoms with Gasteiger partial charge in [0.05, 0.1) is 11.3 Å². The lowest BCUT2D eigenvalue weighted by molar-refractivity contribution is -0.119. The molecule has 3 aromatic rings. The average Bonchev–Trinajstić information content (AvgIpc) is 3.50. The molecule has 1 spiro atoms. The molecule has 2 aromatic carbocycles. The second-order valence-corrected chi connectivity index (χ2v) is 8.23. The van der Waals surface area contributed by atoms with Crippen molar-refractivity contribution >= 4 is 17.6 Å². The highest BCUT2D eigenvalue weighted by Gasteiger charge is 2.44. The first-order valence-corrected chi connectivity index (χ1v) is 10.8. The third-order valence-corrected chi connectivity index (χ3v) is 5.84. The number of hydrogen-bond donors (Lipinski definition) is 2. The zero-order valence-corrected chi connectivity index (χ0v) is 18.1. The third-order valence-electron chi connectivity index (χ3n) is 5.84. The Morgan fingerprint density at radius 1 is 1.09 bits per heavy atom. The molecule has 0 saturated heterocycles. The highest BCUT2D eigenvalue weighted by Crippen LogP contribution is 2.47. The van der Waals surface area contributed by atoms with E-state index in [4.69, 9.17) is 14.2 Å².